The van der Waals surface area contributed by atoms with Crippen molar-refractivity contribution >= 4 is 0 Å². The number of hydrogen-bond donors (Lipinski definition) is 0. The summed E-state index contributed by atoms with van der Waals surface area (Å²) in [6.45, 7) is 2.79. The first-order valence-corrected chi connectivity index (χ1v) is 6.04. The van der Waals surface area contributed by atoms with Crippen LogP contribution in [0.4, 0.5) is 0 Å². The predicted molar refractivity (Wildman–Crippen MR) is 68.2 cm³/mol. The first kappa shape index (κ1) is 13.7. The Kier molecular flexibility index (Phi) is 3.93. The Labute approximate surface area is 112 Å². The van der Waals surface area contributed by atoms with Crippen LogP contribution in [0.1, 0.15) is 18.4 Å². The van der Waals surface area contributed by atoms with Crippen molar-refractivity contribution in [3.05, 3.63) is 23.8 Å². The highest BCUT2D eigenvalue weighted by Gasteiger charge is 2.41. The number of ether oxygens (including phenoxy) is 4. The van der Waals surface area contributed by atoms with Gasteiger partial charge in [0.1, 0.15) is 5.92 Å². The summed E-state index contributed by atoms with van der Waals surface area (Å²) in [4.78, 5) is 0. The molecule has 1 aliphatic rings. The molecule has 0 unspecified atom stereocenters. The van der Waals surface area contributed by atoms with Crippen molar-refractivity contribution in [2.24, 2.45) is 0 Å². The zero-order chi connectivity index (χ0) is 13.9. The maximum atomic E-state index is 9.41. The van der Waals surface area contributed by atoms with E-state index in [1.54, 1.807) is 33.3 Å². The molecular formula is C14H17NO4. The van der Waals surface area contributed by atoms with Crippen LogP contribution in [0.5, 0.6) is 11.5 Å². The Morgan fingerprint density at radius 1 is 1.21 bits per heavy atom. The molecule has 1 heterocycles. The number of benzene rings is 1. The highest BCUT2D eigenvalue weighted by Crippen LogP contribution is 2.38. The molecule has 1 aliphatic heterocycles. The van der Waals surface area contributed by atoms with Crippen LogP contribution >= 0.6 is 0 Å². The molecule has 5 nitrogen and oxygen atoms in total. The van der Waals surface area contributed by atoms with Crippen LogP contribution < -0.4 is 9.47 Å². The lowest BCUT2D eigenvalue weighted by Gasteiger charge is -2.28. The Morgan fingerprint density at radius 2 is 1.84 bits per heavy atom. The van der Waals surface area contributed by atoms with Gasteiger partial charge in [0, 0.05) is 0 Å². The Balaban J connectivity index is 2.36. The van der Waals surface area contributed by atoms with E-state index in [0.29, 0.717) is 24.7 Å². The van der Waals surface area contributed by atoms with E-state index in [4.69, 9.17) is 18.9 Å². The van der Waals surface area contributed by atoms with E-state index in [1.165, 1.54) is 0 Å². The van der Waals surface area contributed by atoms with Crippen molar-refractivity contribution in [3.8, 4) is 17.6 Å². The molecule has 0 radical (unpaired) electrons. The highest BCUT2D eigenvalue weighted by atomic mass is 16.7. The summed E-state index contributed by atoms with van der Waals surface area (Å²) in [6, 6.07) is 7.62. The van der Waals surface area contributed by atoms with E-state index in [0.717, 1.165) is 5.56 Å². The third-order valence-corrected chi connectivity index (χ3v) is 3.26. The van der Waals surface area contributed by atoms with Crippen molar-refractivity contribution < 1.29 is 18.9 Å². The zero-order valence-electron chi connectivity index (χ0n) is 11.3. The van der Waals surface area contributed by atoms with Crippen LogP contribution in [0.2, 0.25) is 0 Å². The van der Waals surface area contributed by atoms with Crippen LogP contribution in [-0.4, -0.2) is 33.2 Å². The molecule has 0 aliphatic carbocycles. The molecule has 0 bridgehead atoms. The molecule has 0 saturated carbocycles. The highest BCUT2D eigenvalue weighted by molar-refractivity contribution is 5.45. The molecule has 1 fully saturated rings. The number of methoxy groups -OCH3 is 2. The standard InChI is InChI=1S/C14H17NO4/c1-14(18-6-7-19-14)11(9-15)10-4-5-12(16-2)13(8-10)17-3/h4-5,8,11H,6-7H2,1-3H3/t11-/m1/s1. The number of rotatable bonds is 4. The van der Waals surface area contributed by atoms with Gasteiger partial charge in [0.15, 0.2) is 17.3 Å². The third kappa shape index (κ3) is 2.50. The molecule has 19 heavy (non-hydrogen) atoms. The molecule has 0 spiro atoms. The van der Waals surface area contributed by atoms with Crippen molar-refractivity contribution in [2.75, 3.05) is 27.4 Å². The van der Waals surface area contributed by atoms with Crippen molar-refractivity contribution in [1.29, 1.82) is 5.26 Å². The minimum absolute atomic E-state index is 0.502. The van der Waals surface area contributed by atoms with Gasteiger partial charge < -0.3 is 18.9 Å². The van der Waals surface area contributed by atoms with Gasteiger partial charge in [-0.3, -0.25) is 0 Å². The van der Waals surface area contributed by atoms with Gasteiger partial charge in [0.05, 0.1) is 33.5 Å². The lowest BCUT2D eigenvalue weighted by Crippen LogP contribution is -2.33. The van der Waals surface area contributed by atoms with E-state index in [1.807, 2.05) is 6.07 Å². The topological polar surface area (TPSA) is 60.7 Å². The summed E-state index contributed by atoms with van der Waals surface area (Å²) in [6.07, 6.45) is 0. The first-order chi connectivity index (χ1) is 9.14. The van der Waals surface area contributed by atoms with Gasteiger partial charge in [0.25, 0.3) is 0 Å². The molecule has 0 amide bonds. The molecule has 1 atom stereocenters. The van der Waals surface area contributed by atoms with Gasteiger partial charge in [0.2, 0.25) is 0 Å². The van der Waals surface area contributed by atoms with Crippen molar-refractivity contribution in [3.63, 3.8) is 0 Å². The molecular weight excluding hydrogens is 246 g/mol. The van der Waals surface area contributed by atoms with Crippen LogP contribution in [-0.2, 0) is 9.47 Å². The average Bonchev–Trinajstić information content (AvgIpc) is 2.86. The van der Waals surface area contributed by atoms with Crippen LogP contribution in [0.25, 0.3) is 0 Å². The third-order valence-electron chi connectivity index (χ3n) is 3.26. The summed E-state index contributed by atoms with van der Waals surface area (Å²) in [5.41, 5.74) is 0.782. The average molecular weight is 263 g/mol. The monoisotopic (exact) mass is 263 g/mol. The maximum absolute atomic E-state index is 9.41. The lowest BCUT2D eigenvalue weighted by molar-refractivity contribution is -0.149. The Bertz CT molecular complexity index is 489. The summed E-state index contributed by atoms with van der Waals surface area (Å²) in [5.74, 6) is -0.216. The van der Waals surface area contributed by atoms with E-state index in [-0.39, 0.29) is 0 Å². The molecule has 1 aromatic carbocycles. The van der Waals surface area contributed by atoms with E-state index < -0.39 is 11.7 Å². The van der Waals surface area contributed by atoms with Crippen LogP contribution in [0, 0.1) is 11.3 Å². The van der Waals surface area contributed by atoms with Gasteiger partial charge in [-0.2, -0.15) is 5.26 Å². The van der Waals surface area contributed by atoms with Gasteiger partial charge >= 0.3 is 0 Å². The number of hydrogen-bond acceptors (Lipinski definition) is 5. The normalized spacial score (nSPS) is 18.6. The van der Waals surface area contributed by atoms with Gasteiger partial charge in [-0.15, -0.1) is 0 Å². The lowest BCUT2D eigenvalue weighted by atomic mass is 9.92. The summed E-state index contributed by atoms with van der Waals surface area (Å²) >= 11 is 0. The largest absolute Gasteiger partial charge is 0.493 e. The fourth-order valence-electron chi connectivity index (χ4n) is 2.22. The minimum Gasteiger partial charge on any atom is -0.493 e. The summed E-state index contributed by atoms with van der Waals surface area (Å²) in [7, 11) is 3.14. The van der Waals surface area contributed by atoms with Crippen molar-refractivity contribution in [2.45, 2.75) is 18.6 Å². The van der Waals surface area contributed by atoms with E-state index in [2.05, 4.69) is 6.07 Å². The zero-order valence-corrected chi connectivity index (χ0v) is 11.3. The minimum atomic E-state index is -0.908. The fraction of sp³-hybridized carbons (Fsp3) is 0.500. The molecule has 102 valence electrons. The first-order valence-electron chi connectivity index (χ1n) is 6.04. The van der Waals surface area contributed by atoms with Crippen molar-refractivity contribution in [1.82, 2.24) is 0 Å². The second kappa shape index (κ2) is 5.47. The second-order valence-corrected chi connectivity index (χ2v) is 4.39. The fourth-order valence-corrected chi connectivity index (χ4v) is 2.22. The van der Waals surface area contributed by atoms with Crippen LogP contribution in [0.15, 0.2) is 18.2 Å². The van der Waals surface area contributed by atoms with Gasteiger partial charge in [-0.05, 0) is 24.6 Å². The molecule has 0 N–H and O–H groups in total. The summed E-state index contributed by atoms with van der Waals surface area (Å²) in [5, 5.41) is 9.41. The van der Waals surface area contributed by atoms with Gasteiger partial charge in [-0.25, -0.2) is 0 Å². The van der Waals surface area contributed by atoms with E-state index >= 15 is 0 Å². The Morgan fingerprint density at radius 3 is 2.37 bits per heavy atom. The smallest absolute Gasteiger partial charge is 0.185 e. The predicted octanol–water partition coefficient (Wildman–Crippen LogP) is 2.07. The number of nitriles is 1. The SMILES string of the molecule is COc1ccc([C@@H](C#N)C2(C)OCCO2)cc1OC. The van der Waals surface area contributed by atoms with E-state index in [9.17, 15) is 5.26 Å². The molecule has 0 aromatic heterocycles. The number of nitrogens with zero attached hydrogens (tertiary/aromatic N) is 1. The molecule has 5 heteroatoms. The van der Waals surface area contributed by atoms with Crippen LogP contribution in [0.3, 0.4) is 0 Å². The second-order valence-electron chi connectivity index (χ2n) is 4.39. The van der Waals surface area contributed by atoms with Gasteiger partial charge in [-0.1, -0.05) is 6.07 Å². The maximum Gasteiger partial charge on any atom is 0.185 e. The summed E-state index contributed by atoms with van der Waals surface area (Å²) < 4.78 is 21.6. The molecule has 1 saturated heterocycles. The molecule has 2 rings (SSSR count). The Hall–Kier alpha value is -1.77. The molecule has 1 aromatic rings. The quantitative estimate of drug-likeness (QED) is 0.832.